The number of carbonyl (C=O) groups is 2. The Morgan fingerprint density at radius 1 is 1.38 bits per heavy atom. The van der Waals surface area contributed by atoms with Gasteiger partial charge in [0.1, 0.15) is 0 Å². The minimum absolute atomic E-state index is 0.00870. The summed E-state index contributed by atoms with van der Waals surface area (Å²) in [4.78, 5) is 21.7. The highest BCUT2D eigenvalue weighted by molar-refractivity contribution is 8.00. The maximum atomic E-state index is 11.5. The van der Waals surface area contributed by atoms with Crippen molar-refractivity contribution < 1.29 is 14.7 Å². The number of carboxylic acid groups (broad SMARTS) is 1. The fourth-order valence-electron chi connectivity index (χ4n) is 2.10. The summed E-state index contributed by atoms with van der Waals surface area (Å²) in [5.41, 5.74) is 0. The maximum Gasteiger partial charge on any atom is 0.313 e. The third kappa shape index (κ3) is 4.88. The third-order valence-electron chi connectivity index (χ3n) is 2.95. The summed E-state index contributed by atoms with van der Waals surface area (Å²) >= 11 is 1.14. The number of amides is 1. The molecular formula is C11H19NO3S. The van der Waals surface area contributed by atoms with Crippen molar-refractivity contribution in [2.45, 2.75) is 38.6 Å². The molecule has 1 rings (SSSR count). The van der Waals surface area contributed by atoms with Crippen molar-refractivity contribution >= 4 is 23.6 Å². The Balaban J connectivity index is 2.15. The summed E-state index contributed by atoms with van der Waals surface area (Å²) in [6, 6.07) is 0.223. The average Bonchev–Trinajstić information content (AvgIpc) is 2.69. The van der Waals surface area contributed by atoms with Crippen molar-refractivity contribution in [1.29, 1.82) is 0 Å². The van der Waals surface area contributed by atoms with E-state index in [-0.39, 0.29) is 23.5 Å². The second kappa shape index (κ2) is 6.78. The number of thioether (sulfide) groups is 1. The standard InChI is InChI=1S/C11H19NO3S/c1-8(9-4-2-3-5-9)12-10(13)6-16-7-11(14)15/h8-9H,2-7H2,1H3,(H,12,13)(H,14,15)/t8-/m0/s1. The highest BCUT2D eigenvalue weighted by Gasteiger charge is 2.22. The molecule has 92 valence electrons. The molecule has 1 aliphatic carbocycles. The fraction of sp³-hybridized carbons (Fsp3) is 0.818. The minimum atomic E-state index is -0.873. The molecule has 0 aromatic rings. The van der Waals surface area contributed by atoms with Crippen molar-refractivity contribution in [3.8, 4) is 0 Å². The molecule has 0 aliphatic heterocycles. The van der Waals surface area contributed by atoms with E-state index in [0.29, 0.717) is 5.92 Å². The molecule has 0 bridgehead atoms. The van der Waals surface area contributed by atoms with Crippen LogP contribution in [0, 0.1) is 5.92 Å². The van der Waals surface area contributed by atoms with Gasteiger partial charge in [-0.25, -0.2) is 0 Å². The molecular weight excluding hydrogens is 226 g/mol. The van der Waals surface area contributed by atoms with Crippen LogP contribution in [0.5, 0.6) is 0 Å². The normalized spacial score (nSPS) is 18.3. The van der Waals surface area contributed by atoms with Crippen LogP contribution in [-0.2, 0) is 9.59 Å². The fourth-order valence-corrected chi connectivity index (χ4v) is 2.65. The smallest absolute Gasteiger partial charge is 0.313 e. The van der Waals surface area contributed by atoms with E-state index in [2.05, 4.69) is 5.32 Å². The summed E-state index contributed by atoms with van der Waals surface area (Å²) in [6.45, 7) is 2.04. The van der Waals surface area contributed by atoms with E-state index in [4.69, 9.17) is 5.11 Å². The topological polar surface area (TPSA) is 66.4 Å². The molecule has 0 radical (unpaired) electrons. The van der Waals surface area contributed by atoms with Gasteiger partial charge in [0.2, 0.25) is 5.91 Å². The van der Waals surface area contributed by atoms with E-state index in [9.17, 15) is 9.59 Å². The van der Waals surface area contributed by atoms with Crippen LogP contribution >= 0.6 is 11.8 Å². The molecule has 1 saturated carbocycles. The van der Waals surface area contributed by atoms with Crippen LogP contribution in [0.4, 0.5) is 0 Å². The lowest BCUT2D eigenvalue weighted by atomic mass is 10.00. The number of hydrogen-bond acceptors (Lipinski definition) is 3. The summed E-state index contributed by atoms with van der Waals surface area (Å²) in [6.07, 6.45) is 4.92. The molecule has 0 heterocycles. The summed E-state index contributed by atoms with van der Waals surface area (Å²) in [7, 11) is 0. The molecule has 4 nitrogen and oxygen atoms in total. The van der Waals surface area contributed by atoms with Gasteiger partial charge in [-0.05, 0) is 25.7 Å². The lowest BCUT2D eigenvalue weighted by Gasteiger charge is -2.20. The zero-order chi connectivity index (χ0) is 12.0. The summed E-state index contributed by atoms with van der Waals surface area (Å²) in [5.74, 6) is -0.0880. The Hall–Kier alpha value is -0.710. The van der Waals surface area contributed by atoms with Gasteiger partial charge < -0.3 is 10.4 Å². The van der Waals surface area contributed by atoms with E-state index in [0.717, 1.165) is 11.8 Å². The van der Waals surface area contributed by atoms with Crippen LogP contribution in [0.3, 0.4) is 0 Å². The Morgan fingerprint density at radius 3 is 2.56 bits per heavy atom. The third-order valence-corrected chi connectivity index (χ3v) is 3.87. The number of carboxylic acids is 1. The molecule has 0 unspecified atom stereocenters. The van der Waals surface area contributed by atoms with Gasteiger partial charge in [-0.1, -0.05) is 12.8 Å². The Morgan fingerprint density at radius 2 is 2.00 bits per heavy atom. The molecule has 1 fully saturated rings. The predicted octanol–water partition coefficient (Wildman–Crippen LogP) is 1.50. The largest absolute Gasteiger partial charge is 0.481 e. The number of aliphatic carboxylic acids is 1. The maximum absolute atomic E-state index is 11.5. The van der Waals surface area contributed by atoms with Crippen LogP contribution < -0.4 is 5.32 Å². The monoisotopic (exact) mass is 245 g/mol. The predicted molar refractivity (Wildman–Crippen MR) is 64.5 cm³/mol. The van der Waals surface area contributed by atoms with Gasteiger partial charge in [0.25, 0.3) is 0 Å². The quantitative estimate of drug-likeness (QED) is 0.744. The number of rotatable bonds is 6. The van der Waals surface area contributed by atoms with Crippen molar-refractivity contribution in [3.63, 3.8) is 0 Å². The molecule has 0 spiro atoms. The zero-order valence-corrected chi connectivity index (χ0v) is 10.4. The van der Waals surface area contributed by atoms with Gasteiger partial charge in [-0.15, -0.1) is 11.8 Å². The molecule has 1 amide bonds. The van der Waals surface area contributed by atoms with Gasteiger partial charge in [-0.2, -0.15) is 0 Å². The van der Waals surface area contributed by atoms with Crippen molar-refractivity contribution in [3.05, 3.63) is 0 Å². The van der Waals surface area contributed by atoms with Crippen molar-refractivity contribution in [1.82, 2.24) is 5.32 Å². The van der Waals surface area contributed by atoms with E-state index in [1.54, 1.807) is 0 Å². The second-order valence-electron chi connectivity index (χ2n) is 4.29. The Kier molecular flexibility index (Phi) is 5.66. The molecule has 0 saturated heterocycles. The van der Waals surface area contributed by atoms with Gasteiger partial charge in [0.05, 0.1) is 11.5 Å². The van der Waals surface area contributed by atoms with E-state index >= 15 is 0 Å². The SMILES string of the molecule is C[C@H](NC(=O)CSCC(=O)O)C1CCCC1. The second-order valence-corrected chi connectivity index (χ2v) is 5.27. The summed E-state index contributed by atoms with van der Waals surface area (Å²) < 4.78 is 0. The zero-order valence-electron chi connectivity index (χ0n) is 9.57. The highest BCUT2D eigenvalue weighted by Crippen LogP contribution is 2.27. The first-order valence-corrected chi connectivity index (χ1v) is 6.84. The highest BCUT2D eigenvalue weighted by atomic mass is 32.2. The molecule has 2 N–H and O–H groups in total. The van der Waals surface area contributed by atoms with Gasteiger partial charge >= 0.3 is 5.97 Å². The van der Waals surface area contributed by atoms with Crippen LogP contribution in [0.1, 0.15) is 32.6 Å². The van der Waals surface area contributed by atoms with Crippen LogP contribution in [0.25, 0.3) is 0 Å². The van der Waals surface area contributed by atoms with E-state index < -0.39 is 5.97 Å². The lowest BCUT2D eigenvalue weighted by molar-refractivity contribution is -0.133. The number of carbonyl (C=O) groups excluding carboxylic acids is 1. The van der Waals surface area contributed by atoms with E-state index in [1.165, 1.54) is 25.7 Å². The Bertz CT molecular complexity index is 252. The lowest BCUT2D eigenvalue weighted by Crippen LogP contribution is -2.38. The van der Waals surface area contributed by atoms with Crippen molar-refractivity contribution in [2.24, 2.45) is 5.92 Å². The first-order valence-electron chi connectivity index (χ1n) is 5.68. The minimum Gasteiger partial charge on any atom is -0.481 e. The molecule has 5 heteroatoms. The van der Waals surface area contributed by atoms with Gasteiger partial charge in [0, 0.05) is 6.04 Å². The van der Waals surface area contributed by atoms with E-state index in [1.807, 2.05) is 6.92 Å². The molecule has 1 atom stereocenters. The van der Waals surface area contributed by atoms with Gasteiger partial charge in [0.15, 0.2) is 0 Å². The van der Waals surface area contributed by atoms with Crippen LogP contribution in [0.15, 0.2) is 0 Å². The first kappa shape index (κ1) is 13.4. The molecule has 0 aromatic carbocycles. The summed E-state index contributed by atoms with van der Waals surface area (Å²) in [5, 5.41) is 11.4. The van der Waals surface area contributed by atoms with Gasteiger partial charge in [-0.3, -0.25) is 9.59 Å². The van der Waals surface area contributed by atoms with Crippen LogP contribution in [0.2, 0.25) is 0 Å². The Labute approximate surface area is 100 Å². The molecule has 0 aromatic heterocycles. The van der Waals surface area contributed by atoms with Crippen molar-refractivity contribution in [2.75, 3.05) is 11.5 Å². The molecule has 16 heavy (non-hydrogen) atoms. The number of hydrogen-bond donors (Lipinski definition) is 2. The number of nitrogens with one attached hydrogen (secondary N) is 1. The first-order chi connectivity index (χ1) is 7.59. The average molecular weight is 245 g/mol. The molecule has 1 aliphatic rings. The van der Waals surface area contributed by atoms with Crippen LogP contribution in [-0.4, -0.2) is 34.5 Å².